The molecule has 2 heterocycles. The largest absolute Gasteiger partial charge is 0.493 e. The molecule has 2 aliphatic heterocycles. The third kappa shape index (κ3) is 7.98. The van der Waals surface area contributed by atoms with Crippen LogP contribution in [0.3, 0.4) is 0 Å². The first kappa shape index (κ1) is 37.8. The van der Waals surface area contributed by atoms with Crippen LogP contribution in [0, 0.1) is 0 Å². The van der Waals surface area contributed by atoms with Crippen LogP contribution in [0.4, 0.5) is 28.4 Å². The van der Waals surface area contributed by atoms with Crippen molar-refractivity contribution in [3.05, 3.63) is 124 Å². The van der Waals surface area contributed by atoms with Gasteiger partial charge in [0.15, 0.2) is 35.6 Å². The molecule has 1 unspecified atom stereocenters. The number of fused-ring (bicyclic) bond motifs is 2. The number of rotatable bonds is 16. The van der Waals surface area contributed by atoms with Crippen LogP contribution < -0.4 is 39.4 Å². The number of carbonyl (C=O) groups excluding carboxylic acids is 2. The van der Waals surface area contributed by atoms with Crippen molar-refractivity contribution in [2.24, 2.45) is 4.99 Å². The van der Waals surface area contributed by atoms with Gasteiger partial charge in [-0.25, -0.2) is 0 Å². The third-order valence-corrected chi connectivity index (χ3v) is 10.6. The van der Waals surface area contributed by atoms with Crippen molar-refractivity contribution in [1.82, 2.24) is 0 Å². The molecule has 0 aliphatic carbocycles. The van der Waals surface area contributed by atoms with Gasteiger partial charge in [0.2, 0.25) is 0 Å². The first-order chi connectivity index (χ1) is 27.3. The number of aliphatic imine (C=N–C) groups is 1. The number of hydrogen-bond donors (Lipinski definition) is 2. The predicted octanol–water partition coefficient (Wildman–Crippen LogP) is 7.76. The number of likely N-dealkylation sites (N-methyl/N-ethyl adjacent to an activating group) is 2. The molecule has 0 fully saturated rings. The molecule has 288 valence electrons. The molecule has 2 aliphatic rings. The number of carbonyl (C=O) groups is 2. The van der Waals surface area contributed by atoms with Crippen molar-refractivity contribution in [2.45, 2.75) is 38.1 Å². The minimum Gasteiger partial charge on any atom is -0.493 e. The third-order valence-electron chi connectivity index (χ3n) is 10.6. The Labute approximate surface area is 327 Å². The van der Waals surface area contributed by atoms with Gasteiger partial charge in [-0.05, 0) is 77.6 Å². The average Bonchev–Trinajstić information content (AvgIpc) is 3.74. The zero-order valence-electron chi connectivity index (χ0n) is 32.4. The number of methoxy groups -OCH3 is 2. The van der Waals surface area contributed by atoms with Crippen LogP contribution >= 0.6 is 0 Å². The van der Waals surface area contributed by atoms with Gasteiger partial charge in [0.05, 0.1) is 32.0 Å². The molecule has 56 heavy (non-hydrogen) atoms. The molecule has 11 heteroatoms. The van der Waals surface area contributed by atoms with Gasteiger partial charge in [-0.2, -0.15) is 0 Å². The van der Waals surface area contributed by atoms with E-state index in [2.05, 4.69) is 70.9 Å². The topological polar surface area (TPSA) is 114 Å². The fourth-order valence-electron chi connectivity index (χ4n) is 7.48. The molecular formula is C45H47N5O6. The van der Waals surface area contributed by atoms with E-state index >= 15 is 0 Å². The maximum atomic E-state index is 12.1. The first-order valence-electron chi connectivity index (χ1n) is 18.6. The van der Waals surface area contributed by atoms with E-state index in [9.17, 15) is 9.59 Å². The molecule has 5 aromatic carbocycles. The van der Waals surface area contributed by atoms with Gasteiger partial charge in [0, 0.05) is 79.9 Å². The number of hydrogen-bond acceptors (Lipinski definition) is 11. The highest BCUT2D eigenvalue weighted by atomic mass is 16.5. The smallest absolute Gasteiger partial charge is 0.163 e. The highest BCUT2D eigenvalue weighted by Crippen LogP contribution is 2.38. The average molecular weight is 754 g/mol. The number of nitrogens with one attached hydrogen (secondary N) is 2. The summed E-state index contributed by atoms with van der Waals surface area (Å²) in [4.78, 5) is 33.5. The zero-order chi connectivity index (χ0) is 39.2. The number of ether oxygens (including phenoxy) is 4. The molecular weight excluding hydrogens is 707 g/mol. The summed E-state index contributed by atoms with van der Waals surface area (Å²) < 4.78 is 24.0. The molecule has 2 atom stereocenters. The molecule has 5 aromatic rings. The molecule has 0 amide bonds. The van der Waals surface area contributed by atoms with Crippen molar-refractivity contribution < 1.29 is 28.5 Å². The standard InChI is InChI=1S/C45H47N5O6/c1-46-35-15-29(27-55-44-21-38(33(25-51)19-42(44)53-4)47-23-36-17-31-10-6-8-12-40(31)49(36)2)14-30(16-35)28-56-45-22-39(34(26-52)20-43(45)54-5)48-24-37-18-32-11-7-9-13-41(32)50(37)3/h6-16,19-23,25-26,36-37,46,48H,17-18,24,27-28H2,1-5H3/b47-23-/t36-,37?/m0/s1. The summed E-state index contributed by atoms with van der Waals surface area (Å²) in [7, 11) is 9.11. The summed E-state index contributed by atoms with van der Waals surface area (Å²) in [6.45, 7) is 1.09. The molecule has 0 radical (unpaired) electrons. The summed E-state index contributed by atoms with van der Waals surface area (Å²) in [5.74, 6) is 1.87. The Kier molecular flexibility index (Phi) is 11.4. The number of para-hydroxylation sites is 2. The van der Waals surface area contributed by atoms with E-state index in [1.807, 2.05) is 49.7 Å². The van der Waals surface area contributed by atoms with Gasteiger partial charge >= 0.3 is 0 Å². The van der Waals surface area contributed by atoms with Crippen LogP contribution in [0.1, 0.15) is 43.0 Å². The second kappa shape index (κ2) is 16.9. The van der Waals surface area contributed by atoms with Crippen molar-refractivity contribution in [2.75, 3.05) is 62.3 Å². The van der Waals surface area contributed by atoms with Crippen LogP contribution in [0.5, 0.6) is 23.0 Å². The van der Waals surface area contributed by atoms with Crippen molar-refractivity contribution in [1.29, 1.82) is 0 Å². The Morgan fingerprint density at radius 3 is 1.89 bits per heavy atom. The molecule has 0 saturated carbocycles. The quantitative estimate of drug-likeness (QED) is 0.0766. The van der Waals surface area contributed by atoms with Crippen LogP contribution in [-0.4, -0.2) is 72.8 Å². The molecule has 2 N–H and O–H groups in total. The van der Waals surface area contributed by atoms with Gasteiger partial charge in [0.25, 0.3) is 0 Å². The Hall–Kier alpha value is -6.49. The number of nitrogens with zero attached hydrogens (tertiary/aromatic N) is 3. The van der Waals surface area contributed by atoms with Crippen LogP contribution in [-0.2, 0) is 26.1 Å². The Morgan fingerprint density at radius 1 is 0.714 bits per heavy atom. The summed E-state index contributed by atoms with van der Waals surface area (Å²) in [5, 5.41) is 6.72. The molecule has 0 aromatic heterocycles. The van der Waals surface area contributed by atoms with E-state index in [4.69, 9.17) is 23.9 Å². The van der Waals surface area contributed by atoms with Crippen molar-refractivity contribution in [3.8, 4) is 23.0 Å². The lowest BCUT2D eigenvalue weighted by atomic mass is 10.1. The summed E-state index contributed by atoms with van der Waals surface area (Å²) in [6, 6.07) is 30.0. The van der Waals surface area contributed by atoms with Gasteiger partial charge in [-0.3, -0.25) is 14.6 Å². The maximum Gasteiger partial charge on any atom is 0.163 e. The number of benzene rings is 5. The van der Waals surface area contributed by atoms with E-state index in [0.717, 1.165) is 42.2 Å². The highest BCUT2D eigenvalue weighted by molar-refractivity contribution is 5.88. The lowest BCUT2D eigenvalue weighted by Crippen LogP contribution is -2.34. The van der Waals surface area contributed by atoms with Gasteiger partial charge in [0.1, 0.15) is 13.2 Å². The molecule has 0 saturated heterocycles. The number of anilines is 4. The van der Waals surface area contributed by atoms with E-state index in [1.54, 1.807) is 32.4 Å². The Bertz CT molecular complexity index is 2260. The fraction of sp³-hybridized carbons (Fsp3) is 0.267. The fourth-order valence-corrected chi connectivity index (χ4v) is 7.48. The van der Waals surface area contributed by atoms with E-state index in [1.165, 1.54) is 22.5 Å². The van der Waals surface area contributed by atoms with Gasteiger partial charge in [-0.15, -0.1) is 0 Å². The second-order valence-electron chi connectivity index (χ2n) is 14.0. The van der Waals surface area contributed by atoms with Crippen molar-refractivity contribution >= 4 is 47.2 Å². The molecule has 7 rings (SSSR count). The first-order valence-corrected chi connectivity index (χ1v) is 18.6. The Balaban J connectivity index is 1.05. The second-order valence-corrected chi connectivity index (χ2v) is 14.0. The molecule has 0 spiro atoms. The zero-order valence-corrected chi connectivity index (χ0v) is 32.4. The summed E-state index contributed by atoms with van der Waals surface area (Å²) >= 11 is 0. The monoisotopic (exact) mass is 753 g/mol. The highest BCUT2D eigenvalue weighted by Gasteiger charge is 2.27. The SMILES string of the molecule is CNc1cc(COc2cc(/N=C\[C@@H]3Cc4ccccc4N3C)c(C=O)cc2OC)cc(COc2cc(NCC3Cc4ccccc4N3C)c(C=O)cc2OC)c1. The van der Waals surface area contributed by atoms with E-state index < -0.39 is 0 Å². The van der Waals surface area contributed by atoms with Crippen LogP contribution in [0.15, 0.2) is 96.0 Å². The van der Waals surface area contributed by atoms with E-state index in [0.29, 0.717) is 52.0 Å². The lowest BCUT2D eigenvalue weighted by molar-refractivity contribution is 0.111. The minimum atomic E-state index is 0.0616. The molecule has 11 nitrogen and oxygen atoms in total. The Morgan fingerprint density at radius 2 is 1.30 bits per heavy atom. The van der Waals surface area contributed by atoms with E-state index in [-0.39, 0.29) is 25.3 Å². The minimum absolute atomic E-state index is 0.0616. The van der Waals surface area contributed by atoms with Gasteiger partial charge in [-0.1, -0.05) is 36.4 Å². The number of aldehydes is 2. The van der Waals surface area contributed by atoms with Crippen LogP contribution in [0.2, 0.25) is 0 Å². The summed E-state index contributed by atoms with van der Waals surface area (Å²) in [6.07, 6.45) is 5.25. The van der Waals surface area contributed by atoms with Crippen LogP contribution in [0.25, 0.3) is 0 Å². The predicted molar refractivity (Wildman–Crippen MR) is 223 cm³/mol. The normalized spacial score (nSPS) is 15.7. The van der Waals surface area contributed by atoms with Crippen molar-refractivity contribution in [3.63, 3.8) is 0 Å². The van der Waals surface area contributed by atoms with Gasteiger partial charge < -0.3 is 39.4 Å². The summed E-state index contributed by atoms with van der Waals surface area (Å²) in [5.41, 5.74) is 9.73. The molecule has 0 bridgehead atoms. The maximum absolute atomic E-state index is 12.1. The lowest BCUT2D eigenvalue weighted by Gasteiger charge is -2.24.